The third-order valence-electron chi connectivity index (χ3n) is 4.65. The number of carbonyl (C=O) groups is 2. The first-order valence-corrected chi connectivity index (χ1v) is 8.68. The van der Waals surface area contributed by atoms with E-state index >= 15 is 0 Å². The number of piperazine rings is 1. The van der Waals surface area contributed by atoms with Crippen molar-refractivity contribution < 1.29 is 19.1 Å². The van der Waals surface area contributed by atoms with E-state index in [1.807, 2.05) is 4.90 Å². The van der Waals surface area contributed by atoms with Crippen LogP contribution in [-0.2, 0) is 4.79 Å². The number of amides is 2. The molecule has 1 saturated carbocycles. The number of fused-ring (bicyclic) bond motifs is 1. The number of nitrogens with zero attached hydrogens (tertiary/aromatic N) is 2. The molecule has 0 aromatic heterocycles. The smallest absolute Gasteiger partial charge is 0.254 e. The van der Waals surface area contributed by atoms with Gasteiger partial charge in [-0.15, -0.1) is 0 Å². The number of benzene rings is 1. The van der Waals surface area contributed by atoms with Gasteiger partial charge in [-0.3, -0.25) is 9.59 Å². The van der Waals surface area contributed by atoms with Gasteiger partial charge in [0, 0.05) is 37.7 Å². The zero-order valence-electron chi connectivity index (χ0n) is 13.3. The molecule has 0 bridgehead atoms. The Bertz CT molecular complexity index is 681. The molecule has 0 spiro atoms. The summed E-state index contributed by atoms with van der Waals surface area (Å²) in [6, 6.07) is 3.31. The van der Waals surface area contributed by atoms with Gasteiger partial charge in [-0.25, -0.2) is 0 Å². The minimum Gasteiger partial charge on any atom is -0.486 e. The van der Waals surface area contributed by atoms with Crippen molar-refractivity contribution in [3.05, 3.63) is 22.7 Å². The lowest BCUT2D eigenvalue weighted by Crippen LogP contribution is -2.51. The number of hydrogen-bond acceptors (Lipinski definition) is 4. The van der Waals surface area contributed by atoms with Crippen LogP contribution in [0.4, 0.5) is 0 Å². The Hall–Kier alpha value is -1.95. The predicted molar refractivity (Wildman–Crippen MR) is 87.6 cm³/mol. The van der Waals surface area contributed by atoms with Crippen molar-refractivity contribution in [3.63, 3.8) is 0 Å². The van der Waals surface area contributed by atoms with Gasteiger partial charge in [-0.2, -0.15) is 0 Å². The first-order chi connectivity index (χ1) is 11.6. The summed E-state index contributed by atoms with van der Waals surface area (Å²) < 4.78 is 11.0. The normalized spacial score (nSPS) is 20.0. The number of halogens is 1. The fourth-order valence-corrected chi connectivity index (χ4v) is 3.40. The quantitative estimate of drug-likeness (QED) is 0.816. The van der Waals surface area contributed by atoms with Crippen molar-refractivity contribution in [1.82, 2.24) is 9.80 Å². The summed E-state index contributed by atoms with van der Waals surface area (Å²) in [6.07, 6.45) is 2.02. The van der Waals surface area contributed by atoms with Crippen LogP contribution in [0.5, 0.6) is 11.5 Å². The fraction of sp³-hybridized carbons (Fsp3) is 0.529. The highest BCUT2D eigenvalue weighted by molar-refractivity contribution is 6.32. The highest BCUT2D eigenvalue weighted by Gasteiger charge is 2.35. The summed E-state index contributed by atoms with van der Waals surface area (Å²) in [7, 11) is 0. The molecule has 2 fully saturated rings. The van der Waals surface area contributed by atoms with Gasteiger partial charge < -0.3 is 19.3 Å². The second-order valence-electron chi connectivity index (χ2n) is 6.37. The van der Waals surface area contributed by atoms with E-state index in [4.69, 9.17) is 21.1 Å². The van der Waals surface area contributed by atoms with E-state index < -0.39 is 0 Å². The van der Waals surface area contributed by atoms with Crippen LogP contribution < -0.4 is 9.47 Å². The van der Waals surface area contributed by atoms with Gasteiger partial charge >= 0.3 is 0 Å². The SMILES string of the molecule is O=C(c1cc(Cl)c2c(c1)OCCO2)N1CCN(C(=O)C2CC2)CC1. The molecule has 128 valence electrons. The summed E-state index contributed by atoms with van der Waals surface area (Å²) in [5.41, 5.74) is 0.492. The first-order valence-electron chi connectivity index (χ1n) is 8.30. The molecule has 1 aliphatic carbocycles. The Morgan fingerprint density at radius 1 is 1.00 bits per heavy atom. The van der Waals surface area contributed by atoms with Crippen molar-refractivity contribution in [1.29, 1.82) is 0 Å². The number of hydrogen-bond donors (Lipinski definition) is 0. The minimum atomic E-state index is -0.0904. The van der Waals surface area contributed by atoms with Gasteiger partial charge in [0.25, 0.3) is 5.91 Å². The maximum atomic E-state index is 12.7. The molecule has 4 rings (SSSR count). The molecule has 0 N–H and O–H groups in total. The molecular weight excluding hydrogens is 332 g/mol. The van der Waals surface area contributed by atoms with Crippen LogP contribution in [0.3, 0.4) is 0 Å². The summed E-state index contributed by atoms with van der Waals surface area (Å²) in [6.45, 7) is 3.19. The molecule has 2 aliphatic heterocycles. The Morgan fingerprint density at radius 2 is 1.67 bits per heavy atom. The lowest BCUT2D eigenvalue weighted by atomic mass is 10.1. The average Bonchev–Trinajstić information content (AvgIpc) is 3.46. The molecule has 1 saturated heterocycles. The highest BCUT2D eigenvalue weighted by atomic mass is 35.5. The molecule has 0 unspecified atom stereocenters. The molecule has 1 aromatic carbocycles. The van der Waals surface area contributed by atoms with E-state index in [9.17, 15) is 9.59 Å². The summed E-state index contributed by atoms with van der Waals surface area (Å²) in [4.78, 5) is 28.5. The van der Waals surface area contributed by atoms with Gasteiger partial charge in [0.15, 0.2) is 11.5 Å². The van der Waals surface area contributed by atoms with Crippen LogP contribution in [0, 0.1) is 5.92 Å². The van der Waals surface area contributed by atoms with E-state index in [0.29, 0.717) is 61.5 Å². The van der Waals surface area contributed by atoms with Crippen molar-refractivity contribution >= 4 is 23.4 Å². The Labute approximate surface area is 145 Å². The van der Waals surface area contributed by atoms with E-state index in [1.165, 1.54) is 0 Å². The molecule has 24 heavy (non-hydrogen) atoms. The fourth-order valence-electron chi connectivity index (χ4n) is 3.14. The average molecular weight is 351 g/mol. The van der Waals surface area contributed by atoms with Gasteiger partial charge in [0.05, 0.1) is 5.02 Å². The topological polar surface area (TPSA) is 59.1 Å². The standard InChI is InChI=1S/C17H19ClN2O4/c18-13-9-12(10-14-15(13)24-8-7-23-14)17(22)20-5-3-19(4-6-20)16(21)11-1-2-11/h9-11H,1-8H2. The maximum Gasteiger partial charge on any atom is 0.254 e. The zero-order valence-corrected chi connectivity index (χ0v) is 14.1. The van der Waals surface area contributed by atoms with Gasteiger partial charge in [0.2, 0.25) is 5.91 Å². The summed E-state index contributed by atoms with van der Waals surface area (Å²) in [5.74, 6) is 1.39. The molecular formula is C17H19ClN2O4. The van der Waals surface area contributed by atoms with Crippen molar-refractivity contribution in [2.45, 2.75) is 12.8 Å². The summed E-state index contributed by atoms with van der Waals surface area (Å²) in [5, 5.41) is 0.387. The molecule has 2 amide bonds. The van der Waals surface area contributed by atoms with Crippen LogP contribution in [-0.4, -0.2) is 61.0 Å². The minimum absolute atomic E-state index is 0.0904. The number of rotatable bonds is 2. The Balaban J connectivity index is 1.44. The lowest BCUT2D eigenvalue weighted by Gasteiger charge is -2.35. The first kappa shape index (κ1) is 15.6. The van der Waals surface area contributed by atoms with Crippen LogP contribution in [0.15, 0.2) is 12.1 Å². The number of ether oxygens (including phenoxy) is 2. The summed E-state index contributed by atoms with van der Waals surface area (Å²) >= 11 is 6.21. The molecule has 2 heterocycles. The third-order valence-corrected chi connectivity index (χ3v) is 4.93. The lowest BCUT2D eigenvalue weighted by molar-refractivity contribution is -0.134. The van der Waals surface area contributed by atoms with Gasteiger partial charge in [-0.1, -0.05) is 11.6 Å². The molecule has 0 radical (unpaired) electrons. The van der Waals surface area contributed by atoms with Gasteiger partial charge in [-0.05, 0) is 25.0 Å². The van der Waals surface area contributed by atoms with Crippen LogP contribution in [0.1, 0.15) is 23.2 Å². The van der Waals surface area contributed by atoms with Crippen molar-refractivity contribution in [3.8, 4) is 11.5 Å². The van der Waals surface area contributed by atoms with Crippen LogP contribution in [0.2, 0.25) is 5.02 Å². The predicted octanol–water partition coefficient (Wildman–Crippen LogP) is 1.81. The highest BCUT2D eigenvalue weighted by Crippen LogP contribution is 2.38. The molecule has 1 aromatic rings. The molecule has 0 atom stereocenters. The van der Waals surface area contributed by atoms with Crippen LogP contribution >= 0.6 is 11.6 Å². The second kappa shape index (κ2) is 6.16. The van der Waals surface area contributed by atoms with Gasteiger partial charge in [0.1, 0.15) is 13.2 Å². The molecule has 6 nitrogen and oxygen atoms in total. The maximum absolute atomic E-state index is 12.7. The van der Waals surface area contributed by atoms with E-state index in [1.54, 1.807) is 17.0 Å². The largest absolute Gasteiger partial charge is 0.486 e. The van der Waals surface area contributed by atoms with E-state index in [2.05, 4.69) is 0 Å². The number of carbonyl (C=O) groups excluding carboxylic acids is 2. The Kier molecular flexibility index (Phi) is 4.00. The van der Waals surface area contributed by atoms with Crippen molar-refractivity contribution in [2.24, 2.45) is 5.92 Å². The molecule has 3 aliphatic rings. The second-order valence-corrected chi connectivity index (χ2v) is 6.78. The van der Waals surface area contributed by atoms with Crippen LogP contribution in [0.25, 0.3) is 0 Å². The third kappa shape index (κ3) is 2.90. The van der Waals surface area contributed by atoms with Crippen molar-refractivity contribution in [2.75, 3.05) is 39.4 Å². The van der Waals surface area contributed by atoms with E-state index in [-0.39, 0.29) is 17.7 Å². The Morgan fingerprint density at radius 3 is 2.38 bits per heavy atom. The zero-order chi connectivity index (χ0) is 16.7. The molecule has 7 heteroatoms. The van der Waals surface area contributed by atoms with E-state index in [0.717, 1.165) is 12.8 Å². The monoisotopic (exact) mass is 350 g/mol.